The van der Waals surface area contributed by atoms with Crippen molar-refractivity contribution in [2.24, 2.45) is 0 Å². The van der Waals surface area contributed by atoms with Gasteiger partial charge in [-0.3, -0.25) is 14.4 Å². The van der Waals surface area contributed by atoms with Crippen LogP contribution in [0.1, 0.15) is 12.8 Å². The summed E-state index contributed by atoms with van der Waals surface area (Å²) in [5.41, 5.74) is 0.209. The van der Waals surface area contributed by atoms with E-state index in [1.165, 1.54) is 11.9 Å². The van der Waals surface area contributed by atoms with Gasteiger partial charge < -0.3 is 10.0 Å². The molecule has 1 amide bonds. The maximum Gasteiger partial charge on any atom is 0.305 e. The number of carbonyl (C=O) groups excluding carboxylic acids is 1. The summed E-state index contributed by atoms with van der Waals surface area (Å²) < 4.78 is 1.14. The predicted molar refractivity (Wildman–Crippen MR) is 78.3 cm³/mol. The second-order valence-corrected chi connectivity index (χ2v) is 4.84. The molecule has 0 aliphatic heterocycles. The Morgan fingerprint density at radius 3 is 2.73 bits per heavy atom. The Kier molecular flexibility index (Phi) is 4.82. The Balaban J connectivity index is 2.02. The largest absolute Gasteiger partial charge is 0.481 e. The lowest BCUT2D eigenvalue weighted by Crippen LogP contribution is -2.32. The van der Waals surface area contributed by atoms with Crippen molar-refractivity contribution in [2.75, 3.05) is 13.6 Å². The first-order chi connectivity index (χ1) is 10.5. The van der Waals surface area contributed by atoms with E-state index in [4.69, 9.17) is 5.11 Å². The van der Waals surface area contributed by atoms with Gasteiger partial charge in [0.25, 0.3) is 5.56 Å². The summed E-state index contributed by atoms with van der Waals surface area (Å²) in [6, 6.07) is 6.85. The number of aromatic nitrogens is 3. The molecule has 0 radical (unpaired) electrons. The number of carbonyl (C=O) groups is 2. The highest BCUT2D eigenvalue weighted by atomic mass is 16.4. The van der Waals surface area contributed by atoms with Gasteiger partial charge in [-0.15, -0.1) is 5.10 Å². The van der Waals surface area contributed by atoms with Crippen LogP contribution in [0.3, 0.4) is 0 Å². The number of carboxylic acids is 1. The van der Waals surface area contributed by atoms with Gasteiger partial charge in [0, 0.05) is 20.0 Å². The molecule has 1 aromatic heterocycles. The first kappa shape index (κ1) is 15.6. The van der Waals surface area contributed by atoms with Crippen molar-refractivity contribution in [3.8, 4) is 0 Å². The molecule has 1 heterocycles. The maximum absolute atomic E-state index is 12.2. The van der Waals surface area contributed by atoms with E-state index in [1.54, 1.807) is 24.3 Å². The molecule has 0 bridgehead atoms. The van der Waals surface area contributed by atoms with Crippen molar-refractivity contribution in [2.45, 2.75) is 19.4 Å². The smallest absolute Gasteiger partial charge is 0.305 e. The highest BCUT2D eigenvalue weighted by Gasteiger charge is 2.12. The average molecular weight is 304 g/mol. The second-order valence-electron chi connectivity index (χ2n) is 4.84. The van der Waals surface area contributed by atoms with Crippen LogP contribution in [-0.2, 0) is 16.1 Å². The minimum atomic E-state index is -0.962. The van der Waals surface area contributed by atoms with E-state index in [0.717, 1.165) is 4.68 Å². The first-order valence-electron chi connectivity index (χ1n) is 6.77. The van der Waals surface area contributed by atoms with E-state index in [-0.39, 0.29) is 37.4 Å². The van der Waals surface area contributed by atoms with Crippen LogP contribution >= 0.6 is 0 Å². The molecule has 8 nitrogen and oxygen atoms in total. The Bertz CT molecular complexity index is 756. The third kappa shape index (κ3) is 3.66. The summed E-state index contributed by atoms with van der Waals surface area (Å²) in [5.74, 6) is -1.21. The minimum Gasteiger partial charge on any atom is -0.481 e. The maximum atomic E-state index is 12.2. The van der Waals surface area contributed by atoms with Gasteiger partial charge in [-0.1, -0.05) is 17.3 Å². The zero-order valence-corrected chi connectivity index (χ0v) is 12.1. The molecule has 116 valence electrons. The molecular formula is C14H16N4O4. The fourth-order valence-corrected chi connectivity index (χ4v) is 1.95. The van der Waals surface area contributed by atoms with Crippen LogP contribution in [0.25, 0.3) is 10.9 Å². The van der Waals surface area contributed by atoms with Crippen molar-refractivity contribution in [3.05, 3.63) is 34.6 Å². The van der Waals surface area contributed by atoms with Crippen LogP contribution < -0.4 is 5.56 Å². The highest BCUT2D eigenvalue weighted by Crippen LogP contribution is 2.03. The van der Waals surface area contributed by atoms with Crippen molar-refractivity contribution in [1.82, 2.24) is 19.9 Å². The molecule has 2 rings (SSSR count). The number of carboxylic acid groups (broad SMARTS) is 1. The molecule has 0 fully saturated rings. The average Bonchev–Trinajstić information content (AvgIpc) is 2.51. The number of hydrogen-bond acceptors (Lipinski definition) is 5. The molecule has 0 saturated carbocycles. The Morgan fingerprint density at radius 2 is 2.00 bits per heavy atom. The number of amides is 1. The van der Waals surface area contributed by atoms with E-state index in [9.17, 15) is 14.4 Å². The number of aliphatic carboxylic acids is 1. The fraction of sp³-hybridized carbons (Fsp3) is 0.357. The van der Waals surface area contributed by atoms with E-state index >= 15 is 0 Å². The molecule has 0 unspecified atom stereocenters. The predicted octanol–water partition coefficient (Wildman–Crippen LogP) is 0.115. The van der Waals surface area contributed by atoms with Gasteiger partial charge in [0.05, 0.1) is 18.4 Å². The van der Waals surface area contributed by atoms with Crippen molar-refractivity contribution in [3.63, 3.8) is 0 Å². The Morgan fingerprint density at radius 1 is 1.27 bits per heavy atom. The zero-order valence-electron chi connectivity index (χ0n) is 12.1. The molecule has 1 N–H and O–H groups in total. The monoisotopic (exact) mass is 304 g/mol. The molecule has 0 aliphatic carbocycles. The molecule has 0 saturated heterocycles. The summed E-state index contributed by atoms with van der Waals surface area (Å²) >= 11 is 0. The number of rotatable bonds is 6. The summed E-state index contributed by atoms with van der Waals surface area (Å²) in [5, 5.41) is 16.8. The third-order valence-corrected chi connectivity index (χ3v) is 3.25. The lowest BCUT2D eigenvalue weighted by Gasteiger charge is -2.15. The zero-order chi connectivity index (χ0) is 16.1. The quantitative estimate of drug-likeness (QED) is 0.812. The van der Waals surface area contributed by atoms with E-state index in [2.05, 4.69) is 10.3 Å². The van der Waals surface area contributed by atoms with Gasteiger partial charge >= 0.3 is 5.97 Å². The molecule has 8 heteroatoms. The summed E-state index contributed by atoms with van der Waals surface area (Å²) in [4.78, 5) is 35.9. The number of hydrogen-bond donors (Lipinski definition) is 1. The van der Waals surface area contributed by atoms with Gasteiger partial charge in [-0.05, 0) is 12.1 Å². The SMILES string of the molecule is CN(CCC(=O)O)C(=O)CCn1nnc2ccccc2c1=O. The van der Waals surface area contributed by atoms with E-state index < -0.39 is 5.97 Å². The van der Waals surface area contributed by atoms with Gasteiger partial charge in [0.1, 0.15) is 5.52 Å². The van der Waals surface area contributed by atoms with Gasteiger partial charge in [0.15, 0.2) is 0 Å². The normalized spacial score (nSPS) is 10.6. The first-order valence-corrected chi connectivity index (χ1v) is 6.77. The Hall–Kier alpha value is -2.77. The van der Waals surface area contributed by atoms with Gasteiger partial charge in [0.2, 0.25) is 5.91 Å². The van der Waals surface area contributed by atoms with Crippen molar-refractivity contribution in [1.29, 1.82) is 0 Å². The third-order valence-electron chi connectivity index (χ3n) is 3.25. The molecule has 2 aromatic rings. The summed E-state index contributed by atoms with van der Waals surface area (Å²) in [6.45, 7) is 0.235. The Labute approximate surface area is 126 Å². The number of benzene rings is 1. The lowest BCUT2D eigenvalue weighted by molar-refractivity contribution is -0.138. The van der Waals surface area contributed by atoms with E-state index in [1.807, 2.05) is 0 Å². The molecule has 0 spiro atoms. The number of fused-ring (bicyclic) bond motifs is 1. The highest BCUT2D eigenvalue weighted by molar-refractivity contribution is 5.77. The van der Waals surface area contributed by atoms with Gasteiger partial charge in [-0.2, -0.15) is 0 Å². The second kappa shape index (κ2) is 6.79. The van der Waals surface area contributed by atoms with Crippen LogP contribution in [-0.4, -0.2) is 50.5 Å². The topological polar surface area (TPSA) is 105 Å². The van der Waals surface area contributed by atoms with Crippen molar-refractivity contribution >= 4 is 22.8 Å². The van der Waals surface area contributed by atoms with Crippen LogP contribution in [0, 0.1) is 0 Å². The standard InChI is InChI=1S/C14H16N4O4/c1-17(8-7-13(20)21)12(19)6-9-18-14(22)10-4-2-3-5-11(10)15-16-18/h2-5H,6-9H2,1H3,(H,20,21). The molecule has 0 aliphatic rings. The molecular weight excluding hydrogens is 288 g/mol. The van der Waals surface area contributed by atoms with Crippen LogP contribution in [0.5, 0.6) is 0 Å². The van der Waals surface area contributed by atoms with Crippen LogP contribution in [0.2, 0.25) is 0 Å². The molecule has 1 aromatic carbocycles. The van der Waals surface area contributed by atoms with Crippen LogP contribution in [0.4, 0.5) is 0 Å². The lowest BCUT2D eigenvalue weighted by atomic mass is 10.2. The number of aryl methyl sites for hydroxylation is 1. The fourth-order valence-electron chi connectivity index (χ4n) is 1.95. The van der Waals surface area contributed by atoms with Crippen molar-refractivity contribution < 1.29 is 14.7 Å². The summed E-state index contributed by atoms with van der Waals surface area (Å²) in [6.07, 6.45) is -0.0545. The van der Waals surface area contributed by atoms with E-state index in [0.29, 0.717) is 10.9 Å². The summed E-state index contributed by atoms with van der Waals surface area (Å²) in [7, 11) is 1.53. The molecule has 22 heavy (non-hydrogen) atoms. The van der Waals surface area contributed by atoms with Gasteiger partial charge in [-0.25, -0.2) is 4.68 Å². The number of nitrogens with zero attached hydrogens (tertiary/aromatic N) is 4. The van der Waals surface area contributed by atoms with Crippen LogP contribution in [0.15, 0.2) is 29.1 Å². The molecule has 0 atom stereocenters. The minimum absolute atomic E-state index is 0.0586.